The summed E-state index contributed by atoms with van der Waals surface area (Å²) in [4.78, 5) is 11.6. The molecule has 25 heavy (non-hydrogen) atoms. The summed E-state index contributed by atoms with van der Waals surface area (Å²) in [5.41, 5.74) is 3.80. The van der Waals surface area contributed by atoms with Gasteiger partial charge in [-0.05, 0) is 42.5 Å². The fraction of sp³-hybridized carbons (Fsp3) is 0.105. The van der Waals surface area contributed by atoms with Crippen LogP contribution in [0.25, 0.3) is 6.08 Å². The van der Waals surface area contributed by atoms with Crippen LogP contribution in [0.15, 0.2) is 59.7 Å². The van der Waals surface area contributed by atoms with Crippen LogP contribution in [0, 0.1) is 11.3 Å². The molecule has 0 aliphatic carbocycles. The predicted molar refractivity (Wildman–Crippen MR) is 95.3 cm³/mol. The Hall–Kier alpha value is -3.59. The van der Waals surface area contributed by atoms with E-state index >= 15 is 0 Å². The summed E-state index contributed by atoms with van der Waals surface area (Å²) >= 11 is 0. The van der Waals surface area contributed by atoms with Gasteiger partial charge in [-0.1, -0.05) is 18.2 Å². The number of nitriles is 1. The zero-order valence-electron chi connectivity index (χ0n) is 13.7. The second-order valence-electron chi connectivity index (χ2n) is 4.84. The molecule has 6 heteroatoms. The number of hydrogen-bond donors (Lipinski definition) is 1. The highest BCUT2D eigenvalue weighted by atomic mass is 16.5. The number of amides is 1. The number of benzene rings is 2. The number of nitrogens with zero attached hydrogens (tertiary/aromatic N) is 2. The molecule has 0 spiro atoms. The highest BCUT2D eigenvalue weighted by Crippen LogP contribution is 2.18. The minimum absolute atomic E-state index is 0.167. The molecule has 0 saturated carbocycles. The molecule has 1 N–H and O–H groups in total. The maximum absolute atomic E-state index is 11.6. The summed E-state index contributed by atoms with van der Waals surface area (Å²) in [7, 11) is 1.61. The van der Waals surface area contributed by atoms with Gasteiger partial charge in [0.1, 0.15) is 11.5 Å². The van der Waals surface area contributed by atoms with E-state index in [2.05, 4.69) is 10.5 Å². The number of para-hydroxylation sites is 1. The van der Waals surface area contributed by atoms with Crippen LogP contribution in [0.3, 0.4) is 0 Å². The number of carbonyl (C=O) groups excluding carboxylic acids is 1. The van der Waals surface area contributed by atoms with Crippen LogP contribution in [-0.2, 0) is 4.79 Å². The van der Waals surface area contributed by atoms with Crippen LogP contribution in [0.1, 0.15) is 11.1 Å². The van der Waals surface area contributed by atoms with Crippen LogP contribution in [0.4, 0.5) is 0 Å². The van der Waals surface area contributed by atoms with Crippen molar-refractivity contribution in [3.8, 4) is 17.6 Å². The Labute approximate surface area is 146 Å². The first-order valence-corrected chi connectivity index (χ1v) is 7.47. The van der Waals surface area contributed by atoms with Gasteiger partial charge in [0.2, 0.25) is 0 Å². The minimum Gasteiger partial charge on any atom is -0.496 e. The van der Waals surface area contributed by atoms with Crippen molar-refractivity contribution in [2.24, 2.45) is 5.10 Å². The largest absolute Gasteiger partial charge is 0.496 e. The lowest BCUT2D eigenvalue weighted by Gasteiger charge is -2.04. The maximum atomic E-state index is 11.6. The van der Waals surface area contributed by atoms with E-state index in [1.807, 2.05) is 36.4 Å². The summed E-state index contributed by atoms with van der Waals surface area (Å²) in [6.07, 6.45) is 4.98. The number of nitrogens with one attached hydrogen (secondary N) is 1. The first-order valence-electron chi connectivity index (χ1n) is 7.47. The Morgan fingerprint density at radius 2 is 2.00 bits per heavy atom. The molecule has 0 unspecified atom stereocenters. The van der Waals surface area contributed by atoms with E-state index in [-0.39, 0.29) is 12.5 Å². The number of hydrogen-bond acceptors (Lipinski definition) is 5. The lowest BCUT2D eigenvalue weighted by Crippen LogP contribution is -2.24. The van der Waals surface area contributed by atoms with Gasteiger partial charge in [-0.25, -0.2) is 5.43 Å². The van der Waals surface area contributed by atoms with Crippen LogP contribution in [0.5, 0.6) is 11.5 Å². The number of carbonyl (C=O) groups is 1. The highest BCUT2D eigenvalue weighted by molar-refractivity contribution is 5.82. The summed E-state index contributed by atoms with van der Waals surface area (Å²) < 4.78 is 10.5. The lowest BCUT2D eigenvalue weighted by atomic mass is 10.2. The number of rotatable bonds is 7. The van der Waals surface area contributed by atoms with Gasteiger partial charge in [-0.2, -0.15) is 10.4 Å². The van der Waals surface area contributed by atoms with Gasteiger partial charge >= 0.3 is 0 Å². The smallest absolute Gasteiger partial charge is 0.277 e. The third-order valence-electron chi connectivity index (χ3n) is 3.12. The normalized spacial score (nSPS) is 10.6. The summed E-state index contributed by atoms with van der Waals surface area (Å²) in [5.74, 6) is 0.882. The predicted octanol–water partition coefficient (Wildman–Crippen LogP) is 2.76. The van der Waals surface area contributed by atoms with Crippen molar-refractivity contribution >= 4 is 18.2 Å². The van der Waals surface area contributed by atoms with Crippen molar-refractivity contribution in [2.45, 2.75) is 0 Å². The molecule has 0 atom stereocenters. The second kappa shape index (κ2) is 9.53. The van der Waals surface area contributed by atoms with Gasteiger partial charge in [0, 0.05) is 11.8 Å². The van der Waals surface area contributed by atoms with Crippen molar-refractivity contribution in [1.82, 2.24) is 5.43 Å². The molecular weight excluding hydrogens is 318 g/mol. The van der Waals surface area contributed by atoms with Crippen molar-refractivity contribution < 1.29 is 14.3 Å². The minimum atomic E-state index is -0.383. The van der Waals surface area contributed by atoms with E-state index in [0.29, 0.717) is 11.3 Å². The Morgan fingerprint density at radius 1 is 1.24 bits per heavy atom. The van der Waals surface area contributed by atoms with Crippen LogP contribution >= 0.6 is 0 Å². The van der Waals surface area contributed by atoms with E-state index in [0.717, 1.165) is 11.3 Å². The van der Waals surface area contributed by atoms with Crippen molar-refractivity contribution in [1.29, 1.82) is 5.26 Å². The highest BCUT2D eigenvalue weighted by Gasteiger charge is 2.01. The molecule has 2 aromatic carbocycles. The number of hydrazone groups is 1. The van der Waals surface area contributed by atoms with E-state index in [4.69, 9.17) is 14.7 Å². The SMILES string of the molecule is COc1ccccc1/C=C/C=N\NC(=O)COc1ccc(C#N)cc1. The van der Waals surface area contributed by atoms with Crippen molar-refractivity contribution in [3.05, 3.63) is 65.7 Å². The second-order valence-corrected chi connectivity index (χ2v) is 4.84. The summed E-state index contributed by atoms with van der Waals surface area (Å²) in [5, 5.41) is 12.5. The van der Waals surface area contributed by atoms with Gasteiger partial charge in [-0.3, -0.25) is 4.79 Å². The maximum Gasteiger partial charge on any atom is 0.277 e. The molecule has 2 rings (SSSR count). The van der Waals surface area contributed by atoms with Crippen LogP contribution in [0.2, 0.25) is 0 Å². The van der Waals surface area contributed by atoms with Gasteiger partial charge in [-0.15, -0.1) is 0 Å². The molecule has 0 heterocycles. The van der Waals surface area contributed by atoms with Crippen LogP contribution in [-0.4, -0.2) is 25.8 Å². The van der Waals surface area contributed by atoms with Gasteiger partial charge < -0.3 is 9.47 Å². The van der Waals surface area contributed by atoms with E-state index in [9.17, 15) is 4.79 Å². The number of ether oxygens (including phenoxy) is 2. The number of methoxy groups -OCH3 is 1. The quantitative estimate of drug-likeness (QED) is 0.623. The summed E-state index contributed by atoms with van der Waals surface area (Å²) in [6.45, 7) is -0.167. The lowest BCUT2D eigenvalue weighted by molar-refractivity contribution is -0.123. The van der Waals surface area contributed by atoms with Crippen molar-refractivity contribution in [3.63, 3.8) is 0 Å². The molecule has 1 amide bonds. The number of allylic oxidation sites excluding steroid dienone is 1. The Balaban J connectivity index is 1.76. The molecule has 0 aliphatic heterocycles. The zero-order chi connectivity index (χ0) is 17.9. The fourth-order valence-corrected chi connectivity index (χ4v) is 1.91. The first kappa shape index (κ1) is 17.8. The first-order chi connectivity index (χ1) is 12.2. The molecule has 0 aliphatic rings. The zero-order valence-corrected chi connectivity index (χ0v) is 13.7. The molecule has 0 aromatic heterocycles. The van der Waals surface area contributed by atoms with E-state index < -0.39 is 0 Å². The van der Waals surface area contributed by atoms with Gasteiger partial charge in [0.15, 0.2) is 6.61 Å². The Morgan fingerprint density at radius 3 is 2.72 bits per heavy atom. The Bertz CT molecular complexity index is 805. The monoisotopic (exact) mass is 335 g/mol. The van der Waals surface area contributed by atoms with Gasteiger partial charge in [0.05, 0.1) is 18.7 Å². The standard InChI is InChI=1S/C19H17N3O3/c1-24-18-7-3-2-5-16(18)6-4-12-21-22-19(23)14-25-17-10-8-15(13-20)9-11-17/h2-12H,14H2,1H3,(H,22,23)/b6-4+,21-12-. The van der Waals surface area contributed by atoms with Crippen molar-refractivity contribution in [2.75, 3.05) is 13.7 Å². The average molecular weight is 335 g/mol. The third kappa shape index (κ3) is 5.84. The molecule has 6 nitrogen and oxygen atoms in total. The van der Waals surface area contributed by atoms with Crippen LogP contribution < -0.4 is 14.9 Å². The molecule has 0 bridgehead atoms. The topological polar surface area (TPSA) is 83.7 Å². The third-order valence-corrected chi connectivity index (χ3v) is 3.12. The van der Waals surface area contributed by atoms with E-state index in [1.54, 1.807) is 37.5 Å². The summed E-state index contributed by atoms with van der Waals surface area (Å²) in [6, 6.07) is 16.1. The molecular formula is C19H17N3O3. The molecule has 0 saturated heterocycles. The molecule has 0 radical (unpaired) electrons. The molecule has 126 valence electrons. The molecule has 0 fully saturated rings. The fourth-order valence-electron chi connectivity index (χ4n) is 1.91. The molecule has 2 aromatic rings. The van der Waals surface area contributed by atoms with E-state index in [1.165, 1.54) is 6.21 Å². The average Bonchev–Trinajstić information content (AvgIpc) is 2.66. The van der Waals surface area contributed by atoms with Gasteiger partial charge in [0.25, 0.3) is 5.91 Å². The Kier molecular flexibility index (Phi) is 6.77.